The predicted octanol–water partition coefficient (Wildman–Crippen LogP) is 3.13. The first-order valence-corrected chi connectivity index (χ1v) is 7.25. The molecule has 2 aliphatic rings. The molecule has 1 aromatic rings. The Morgan fingerprint density at radius 1 is 1.26 bits per heavy atom. The summed E-state index contributed by atoms with van der Waals surface area (Å²) in [6, 6.07) is 7.30. The molecule has 1 spiro atoms. The molecule has 0 aliphatic carbocycles. The molecule has 0 aromatic heterocycles. The average Bonchev–Trinajstić information content (AvgIpc) is 2.88. The summed E-state index contributed by atoms with van der Waals surface area (Å²) < 4.78 is 5.56. The largest absolute Gasteiger partial charge is 0.379 e. The average molecular weight is 280 g/mol. The zero-order chi connectivity index (χ0) is 13.3. The third-order valence-electron chi connectivity index (χ3n) is 4.28. The van der Waals surface area contributed by atoms with E-state index < -0.39 is 0 Å². The lowest BCUT2D eigenvalue weighted by molar-refractivity contribution is 0.0256. The van der Waals surface area contributed by atoms with E-state index >= 15 is 0 Å². The number of nitrogens with zero attached hydrogens (tertiary/aromatic N) is 1. The molecule has 0 bridgehead atoms. The highest BCUT2D eigenvalue weighted by Gasteiger charge is 2.44. The standard InChI is InChI=1S/C15H18ClNO2/c16-13-6-2-1-5-12(13)14(18)17-9-4-3-7-15(17)8-10-19-11-15/h1-2,5-6H,3-4,7-11H2. The first kappa shape index (κ1) is 12.9. The van der Waals surface area contributed by atoms with Crippen molar-refractivity contribution in [3.63, 3.8) is 0 Å². The molecular weight excluding hydrogens is 262 g/mol. The van der Waals surface area contributed by atoms with E-state index in [2.05, 4.69) is 0 Å². The normalized spacial score (nSPS) is 26.9. The van der Waals surface area contributed by atoms with Gasteiger partial charge in [-0.1, -0.05) is 23.7 Å². The summed E-state index contributed by atoms with van der Waals surface area (Å²) >= 11 is 6.15. The molecule has 3 rings (SSSR count). The van der Waals surface area contributed by atoms with Gasteiger partial charge >= 0.3 is 0 Å². The van der Waals surface area contributed by atoms with Crippen LogP contribution in [0.25, 0.3) is 0 Å². The van der Waals surface area contributed by atoms with Gasteiger partial charge in [0.05, 0.1) is 22.7 Å². The number of likely N-dealkylation sites (tertiary alicyclic amines) is 1. The number of piperidine rings is 1. The van der Waals surface area contributed by atoms with Crippen LogP contribution in [-0.4, -0.2) is 36.1 Å². The van der Waals surface area contributed by atoms with Crippen LogP contribution < -0.4 is 0 Å². The Balaban J connectivity index is 1.91. The molecular formula is C15H18ClNO2. The third kappa shape index (κ3) is 2.26. The van der Waals surface area contributed by atoms with E-state index in [4.69, 9.17) is 16.3 Å². The second-order valence-electron chi connectivity index (χ2n) is 5.42. The molecule has 1 amide bonds. The molecule has 1 aromatic carbocycles. The molecule has 0 N–H and O–H groups in total. The lowest BCUT2D eigenvalue weighted by atomic mass is 9.85. The molecule has 2 aliphatic heterocycles. The number of carbonyl (C=O) groups excluding carboxylic acids is 1. The van der Waals surface area contributed by atoms with Gasteiger partial charge < -0.3 is 9.64 Å². The summed E-state index contributed by atoms with van der Waals surface area (Å²) in [7, 11) is 0. The SMILES string of the molecule is O=C(c1ccccc1Cl)N1CCCCC12CCOC2. The lowest BCUT2D eigenvalue weighted by Crippen LogP contribution is -2.55. The van der Waals surface area contributed by atoms with Crippen molar-refractivity contribution in [3.8, 4) is 0 Å². The van der Waals surface area contributed by atoms with Gasteiger partial charge in [0.15, 0.2) is 0 Å². The summed E-state index contributed by atoms with van der Waals surface area (Å²) in [5, 5.41) is 0.534. The highest BCUT2D eigenvalue weighted by Crippen LogP contribution is 2.36. The van der Waals surface area contributed by atoms with E-state index in [1.54, 1.807) is 6.07 Å². The van der Waals surface area contributed by atoms with Crippen LogP contribution in [0.4, 0.5) is 0 Å². The van der Waals surface area contributed by atoms with Crippen molar-refractivity contribution < 1.29 is 9.53 Å². The molecule has 0 radical (unpaired) electrons. The molecule has 1 atom stereocenters. The minimum Gasteiger partial charge on any atom is -0.379 e. The Labute approximate surface area is 118 Å². The molecule has 2 saturated heterocycles. The Bertz CT molecular complexity index is 483. The minimum absolute atomic E-state index is 0.0517. The smallest absolute Gasteiger partial charge is 0.255 e. The molecule has 2 fully saturated rings. The summed E-state index contributed by atoms with van der Waals surface area (Å²) in [5.74, 6) is 0.0517. The maximum atomic E-state index is 12.8. The summed E-state index contributed by atoms with van der Waals surface area (Å²) in [6.45, 7) is 2.24. The van der Waals surface area contributed by atoms with Gasteiger partial charge in [-0.15, -0.1) is 0 Å². The Morgan fingerprint density at radius 2 is 2.11 bits per heavy atom. The van der Waals surface area contributed by atoms with Crippen LogP contribution >= 0.6 is 11.6 Å². The van der Waals surface area contributed by atoms with Gasteiger partial charge in [-0.2, -0.15) is 0 Å². The van der Waals surface area contributed by atoms with Crippen molar-refractivity contribution in [1.82, 2.24) is 4.90 Å². The highest BCUT2D eigenvalue weighted by atomic mass is 35.5. The van der Waals surface area contributed by atoms with Crippen molar-refractivity contribution in [2.24, 2.45) is 0 Å². The number of hydrogen-bond acceptors (Lipinski definition) is 2. The van der Waals surface area contributed by atoms with E-state index in [-0.39, 0.29) is 11.4 Å². The van der Waals surface area contributed by atoms with Crippen molar-refractivity contribution in [1.29, 1.82) is 0 Å². The molecule has 102 valence electrons. The maximum absolute atomic E-state index is 12.8. The van der Waals surface area contributed by atoms with Gasteiger partial charge in [0.1, 0.15) is 0 Å². The zero-order valence-electron chi connectivity index (χ0n) is 10.9. The predicted molar refractivity (Wildman–Crippen MR) is 74.5 cm³/mol. The molecule has 3 nitrogen and oxygen atoms in total. The van der Waals surface area contributed by atoms with Crippen molar-refractivity contribution in [3.05, 3.63) is 34.9 Å². The molecule has 2 heterocycles. The van der Waals surface area contributed by atoms with Gasteiger partial charge in [0.25, 0.3) is 5.91 Å². The monoisotopic (exact) mass is 279 g/mol. The van der Waals surface area contributed by atoms with Crippen LogP contribution in [0.2, 0.25) is 5.02 Å². The Kier molecular flexibility index (Phi) is 3.50. The topological polar surface area (TPSA) is 29.5 Å². The van der Waals surface area contributed by atoms with E-state index in [1.165, 1.54) is 6.42 Å². The molecule has 4 heteroatoms. The fourth-order valence-corrected chi connectivity index (χ4v) is 3.42. The van der Waals surface area contributed by atoms with E-state index in [0.717, 1.165) is 32.4 Å². The lowest BCUT2D eigenvalue weighted by Gasteiger charge is -2.44. The van der Waals surface area contributed by atoms with E-state index in [1.807, 2.05) is 23.1 Å². The van der Waals surface area contributed by atoms with Crippen LogP contribution in [0.5, 0.6) is 0 Å². The van der Waals surface area contributed by atoms with Gasteiger partial charge in [0, 0.05) is 13.2 Å². The van der Waals surface area contributed by atoms with Crippen molar-refractivity contribution >= 4 is 17.5 Å². The highest BCUT2D eigenvalue weighted by molar-refractivity contribution is 6.33. The number of benzene rings is 1. The number of carbonyl (C=O) groups is 1. The van der Waals surface area contributed by atoms with Crippen LogP contribution in [0.1, 0.15) is 36.0 Å². The van der Waals surface area contributed by atoms with Crippen LogP contribution in [-0.2, 0) is 4.74 Å². The maximum Gasteiger partial charge on any atom is 0.255 e. The van der Waals surface area contributed by atoms with Crippen LogP contribution in [0, 0.1) is 0 Å². The van der Waals surface area contributed by atoms with Gasteiger partial charge in [0.2, 0.25) is 0 Å². The van der Waals surface area contributed by atoms with Gasteiger partial charge in [-0.25, -0.2) is 0 Å². The fraction of sp³-hybridized carbons (Fsp3) is 0.533. The van der Waals surface area contributed by atoms with Gasteiger partial charge in [-0.3, -0.25) is 4.79 Å². The van der Waals surface area contributed by atoms with Gasteiger partial charge in [-0.05, 0) is 37.8 Å². The molecule has 1 unspecified atom stereocenters. The fourth-order valence-electron chi connectivity index (χ4n) is 3.20. The first-order chi connectivity index (χ1) is 9.23. The molecule has 0 saturated carbocycles. The Hall–Kier alpha value is -1.06. The van der Waals surface area contributed by atoms with Crippen LogP contribution in [0.15, 0.2) is 24.3 Å². The zero-order valence-corrected chi connectivity index (χ0v) is 11.7. The second kappa shape index (κ2) is 5.14. The van der Waals surface area contributed by atoms with Crippen LogP contribution in [0.3, 0.4) is 0 Å². The Morgan fingerprint density at radius 3 is 2.84 bits per heavy atom. The minimum atomic E-state index is -0.0888. The number of amides is 1. The summed E-state index contributed by atoms with van der Waals surface area (Å²) in [5.41, 5.74) is 0.520. The van der Waals surface area contributed by atoms with Crippen molar-refractivity contribution in [2.75, 3.05) is 19.8 Å². The van der Waals surface area contributed by atoms with Crippen molar-refractivity contribution in [2.45, 2.75) is 31.2 Å². The first-order valence-electron chi connectivity index (χ1n) is 6.87. The third-order valence-corrected chi connectivity index (χ3v) is 4.61. The summed E-state index contributed by atoms with van der Waals surface area (Å²) in [6.07, 6.45) is 4.24. The number of halogens is 1. The summed E-state index contributed by atoms with van der Waals surface area (Å²) in [4.78, 5) is 14.8. The number of rotatable bonds is 1. The number of ether oxygens (including phenoxy) is 1. The number of hydrogen-bond donors (Lipinski definition) is 0. The molecule has 19 heavy (non-hydrogen) atoms. The van der Waals surface area contributed by atoms with E-state index in [9.17, 15) is 4.79 Å². The quantitative estimate of drug-likeness (QED) is 0.790. The second-order valence-corrected chi connectivity index (χ2v) is 5.83. The van der Waals surface area contributed by atoms with E-state index in [0.29, 0.717) is 17.2 Å².